The van der Waals surface area contributed by atoms with Crippen LogP contribution in [0.15, 0.2) is 59.1 Å². The summed E-state index contributed by atoms with van der Waals surface area (Å²) in [6.45, 7) is 4.58. The zero-order valence-electron chi connectivity index (χ0n) is 19.2. The average molecular weight is 447 g/mol. The van der Waals surface area contributed by atoms with E-state index in [9.17, 15) is 4.79 Å². The van der Waals surface area contributed by atoms with E-state index in [2.05, 4.69) is 44.6 Å². The van der Waals surface area contributed by atoms with E-state index >= 15 is 0 Å². The first-order valence-electron chi connectivity index (χ1n) is 11.5. The highest BCUT2D eigenvalue weighted by Crippen LogP contribution is 2.50. The minimum Gasteiger partial charge on any atom is -0.497 e. The lowest BCUT2D eigenvalue weighted by molar-refractivity contribution is -0.121. The quantitative estimate of drug-likeness (QED) is 0.600. The summed E-state index contributed by atoms with van der Waals surface area (Å²) in [6, 6.07) is 18.3. The molecule has 33 heavy (non-hydrogen) atoms. The summed E-state index contributed by atoms with van der Waals surface area (Å²) in [7, 11) is 1.64. The molecule has 0 unspecified atom stereocenters. The highest BCUT2D eigenvalue weighted by molar-refractivity contribution is 5.79. The molecule has 7 heteroatoms. The first-order chi connectivity index (χ1) is 16.0. The van der Waals surface area contributed by atoms with Crippen LogP contribution in [-0.2, 0) is 23.2 Å². The van der Waals surface area contributed by atoms with Crippen LogP contribution >= 0.6 is 0 Å². The van der Waals surface area contributed by atoms with Crippen LogP contribution in [0.3, 0.4) is 0 Å². The molecule has 1 aliphatic carbocycles. The molecular formula is C26H30N4O3. The molecule has 2 aliphatic rings. The number of ether oxygens (including phenoxy) is 1. The van der Waals surface area contributed by atoms with Gasteiger partial charge in [0.05, 0.1) is 18.9 Å². The molecule has 0 spiro atoms. The van der Waals surface area contributed by atoms with Crippen LogP contribution in [0.4, 0.5) is 0 Å². The molecular weight excluding hydrogens is 416 g/mol. The topological polar surface area (TPSA) is 80.5 Å². The van der Waals surface area contributed by atoms with E-state index in [-0.39, 0.29) is 17.4 Å². The second kappa shape index (κ2) is 8.98. The Balaban J connectivity index is 1.29. The zero-order valence-corrected chi connectivity index (χ0v) is 19.2. The van der Waals surface area contributed by atoms with Crippen molar-refractivity contribution in [2.45, 2.75) is 44.2 Å². The lowest BCUT2D eigenvalue weighted by Crippen LogP contribution is -2.38. The summed E-state index contributed by atoms with van der Waals surface area (Å²) >= 11 is 0. The molecule has 0 radical (unpaired) electrons. The van der Waals surface area contributed by atoms with Crippen LogP contribution in [0.1, 0.15) is 35.7 Å². The number of methoxy groups -OCH3 is 1. The molecule has 2 heterocycles. The third-order valence-electron chi connectivity index (χ3n) is 7.01. The van der Waals surface area contributed by atoms with Gasteiger partial charge in [-0.15, -0.1) is 0 Å². The fourth-order valence-corrected chi connectivity index (χ4v) is 5.62. The lowest BCUT2D eigenvalue weighted by atomic mass is 9.80. The number of hydrogen-bond donors (Lipinski definition) is 1. The molecule has 1 saturated heterocycles. The van der Waals surface area contributed by atoms with Crippen LogP contribution in [0, 0.1) is 12.8 Å². The number of carbonyl (C=O) groups excluding carboxylic acids is 1. The number of aromatic nitrogens is 2. The van der Waals surface area contributed by atoms with Gasteiger partial charge in [0, 0.05) is 25.7 Å². The number of aryl methyl sites for hydroxylation is 1. The number of carbonyl (C=O) groups is 1. The van der Waals surface area contributed by atoms with Crippen molar-refractivity contribution >= 4 is 5.91 Å². The molecule has 3 aromatic rings. The summed E-state index contributed by atoms with van der Waals surface area (Å²) in [4.78, 5) is 19.9. The lowest BCUT2D eigenvalue weighted by Gasteiger charge is -2.25. The Morgan fingerprint density at radius 3 is 2.79 bits per heavy atom. The van der Waals surface area contributed by atoms with Crippen molar-refractivity contribution in [3.05, 3.63) is 77.4 Å². The Bertz CT molecular complexity index is 1120. The third-order valence-corrected chi connectivity index (χ3v) is 7.01. The van der Waals surface area contributed by atoms with E-state index in [0.29, 0.717) is 24.1 Å². The van der Waals surface area contributed by atoms with E-state index in [1.165, 1.54) is 5.56 Å². The first-order valence-corrected chi connectivity index (χ1v) is 11.5. The van der Waals surface area contributed by atoms with Crippen molar-refractivity contribution in [3.63, 3.8) is 0 Å². The Kier molecular flexibility index (Phi) is 5.89. The number of likely N-dealkylation sites (tertiary alicyclic amines) is 1. The summed E-state index contributed by atoms with van der Waals surface area (Å²) < 4.78 is 11.0. The monoisotopic (exact) mass is 446 g/mol. The fourth-order valence-electron chi connectivity index (χ4n) is 5.62. The van der Waals surface area contributed by atoms with Crippen molar-refractivity contribution in [2.24, 2.45) is 5.92 Å². The summed E-state index contributed by atoms with van der Waals surface area (Å²) in [6.07, 6.45) is 2.07. The second-order valence-electron chi connectivity index (χ2n) is 9.39. The number of nitrogens with one attached hydrogen (secondary N) is 1. The van der Waals surface area contributed by atoms with Gasteiger partial charge in [0.25, 0.3) is 0 Å². The maximum Gasteiger partial charge on any atom is 0.234 e. The van der Waals surface area contributed by atoms with E-state index < -0.39 is 0 Å². The molecule has 2 aromatic carbocycles. The van der Waals surface area contributed by atoms with Crippen LogP contribution in [-0.4, -0.2) is 47.2 Å². The predicted molar refractivity (Wildman–Crippen MR) is 124 cm³/mol. The van der Waals surface area contributed by atoms with Crippen LogP contribution in [0.25, 0.3) is 0 Å². The van der Waals surface area contributed by atoms with Crippen molar-refractivity contribution in [1.82, 2.24) is 20.4 Å². The van der Waals surface area contributed by atoms with Crippen molar-refractivity contribution in [1.29, 1.82) is 0 Å². The SMILES string of the molecule is COc1cccc(CC(=O)N[C@@H]2C[C@H]3CN(Cc4ccccc4)C[C@@]3(c3nc(C)no3)C2)c1. The minimum atomic E-state index is -0.218. The van der Waals surface area contributed by atoms with Crippen LogP contribution in [0.2, 0.25) is 0 Å². The largest absolute Gasteiger partial charge is 0.497 e. The number of benzene rings is 2. The smallest absolute Gasteiger partial charge is 0.234 e. The van der Waals surface area contributed by atoms with Gasteiger partial charge in [-0.1, -0.05) is 47.6 Å². The van der Waals surface area contributed by atoms with Gasteiger partial charge in [0.15, 0.2) is 5.82 Å². The van der Waals surface area contributed by atoms with Gasteiger partial charge >= 0.3 is 0 Å². The number of nitrogens with zero attached hydrogens (tertiary/aromatic N) is 3. The van der Waals surface area contributed by atoms with E-state index in [1.807, 2.05) is 37.3 Å². The van der Waals surface area contributed by atoms with Gasteiger partial charge in [-0.2, -0.15) is 4.98 Å². The Morgan fingerprint density at radius 1 is 1.21 bits per heavy atom. The van der Waals surface area contributed by atoms with Gasteiger partial charge in [0.2, 0.25) is 11.8 Å². The number of fused-ring (bicyclic) bond motifs is 1. The zero-order chi connectivity index (χ0) is 22.8. The summed E-state index contributed by atoms with van der Waals surface area (Å²) in [5.41, 5.74) is 2.03. The number of amides is 1. The van der Waals surface area contributed by atoms with Gasteiger partial charge in [0.1, 0.15) is 5.75 Å². The predicted octanol–water partition coefficient (Wildman–Crippen LogP) is 3.28. The third kappa shape index (κ3) is 4.50. The molecule has 7 nitrogen and oxygen atoms in total. The van der Waals surface area contributed by atoms with Crippen molar-refractivity contribution in [2.75, 3.05) is 20.2 Å². The van der Waals surface area contributed by atoms with Crippen molar-refractivity contribution in [3.8, 4) is 5.75 Å². The van der Waals surface area contributed by atoms with Crippen LogP contribution in [0.5, 0.6) is 5.75 Å². The molecule has 1 saturated carbocycles. The molecule has 1 aliphatic heterocycles. The normalized spacial score (nSPS) is 24.5. The van der Waals surface area contributed by atoms with Gasteiger partial charge < -0.3 is 14.6 Å². The average Bonchev–Trinajstić information content (AvgIpc) is 3.47. The summed E-state index contributed by atoms with van der Waals surface area (Å²) in [5.74, 6) is 2.53. The molecule has 1 N–H and O–H groups in total. The molecule has 172 valence electrons. The molecule has 1 aromatic heterocycles. The highest BCUT2D eigenvalue weighted by Gasteiger charge is 2.57. The highest BCUT2D eigenvalue weighted by atomic mass is 16.5. The molecule has 1 amide bonds. The van der Waals surface area contributed by atoms with E-state index in [4.69, 9.17) is 9.26 Å². The Labute approximate surface area is 194 Å². The fraction of sp³-hybridized carbons (Fsp3) is 0.423. The minimum absolute atomic E-state index is 0.0335. The molecule has 3 atom stereocenters. The van der Waals surface area contributed by atoms with Gasteiger partial charge in [-0.3, -0.25) is 9.69 Å². The summed E-state index contributed by atoms with van der Waals surface area (Å²) in [5, 5.41) is 7.35. The molecule has 2 fully saturated rings. The van der Waals surface area contributed by atoms with Gasteiger partial charge in [-0.25, -0.2) is 0 Å². The van der Waals surface area contributed by atoms with E-state index in [0.717, 1.165) is 43.8 Å². The van der Waals surface area contributed by atoms with Crippen molar-refractivity contribution < 1.29 is 14.1 Å². The molecule has 0 bridgehead atoms. The molecule has 5 rings (SSSR count). The first kappa shape index (κ1) is 21.6. The number of hydrogen-bond acceptors (Lipinski definition) is 6. The standard InChI is InChI=1S/C26H30N4O3/c1-18-27-25(33-29-18)26-14-22(28-24(31)12-20-9-6-10-23(11-20)32-2)13-21(26)16-30(17-26)15-19-7-4-3-5-8-19/h3-11,21-22H,12-17H2,1-2H3,(H,28,31)/t21-,22+,26-/m0/s1. The Morgan fingerprint density at radius 2 is 2.03 bits per heavy atom. The van der Waals surface area contributed by atoms with Gasteiger partial charge in [-0.05, 0) is 48.9 Å². The van der Waals surface area contributed by atoms with Crippen LogP contribution < -0.4 is 10.1 Å². The number of rotatable bonds is 7. The maximum atomic E-state index is 12.8. The second-order valence-corrected chi connectivity index (χ2v) is 9.39. The maximum absolute atomic E-state index is 12.8. The van der Waals surface area contributed by atoms with E-state index in [1.54, 1.807) is 7.11 Å². The Hall–Kier alpha value is -3.19.